The zero-order valence-corrected chi connectivity index (χ0v) is 11.8. The Bertz CT molecular complexity index is 573. The molecule has 0 heterocycles. The topological polar surface area (TPSA) is 59.6 Å². The number of rotatable bonds is 7. The Morgan fingerprint density at radius 3 is 2.67 bits per heavy atom. The molecule has 5 heteroatoms. The van der Waals surface area contributed by atoms with Crippen molar-refractivity contribution < 1.29 is 14.3 Å². The highest BCUT2D eigenvalue weighted by Gasteiger charge is 2.02. The van der Waals surface area contributed by atoms with Gasteiger partial charge in [-0.05, 0) is 29.8 Å². The Balaban J connectivity index is 1.82. The molecule has 2 rings (SSSR count). The Morgan fingerprint density at radius 2 is 1.90 bits per heavy atom. The predicted octanol–water partition coefficient (Wildman–Crippen LogP) is 2.36. The molecule has 0 fully saturated rings. The van der Waals surface area contributed by atoms with Crippen LogP contribution in [0.2, 0.25) is 0 Å². The lowest BCUT2D eigenvalue weighted by Crippen LogP contribution is -2.20. The lowest BCUT2D eigenvalue weighted by molar-refractivity contribution is -0.142. The maximum absolute atomic E-state index is 11.0. The normalized spacial score (nSPS) is 9.95. The van der Waals surface area contributed by atoms with Gasteiger partial charge >= 0.3 is 5.97 Å². The third kappa shape index (κ3) is 5.16. The third-order valence-corrected chi connectivity index (χ3v) is 2.78. The summed E-state index contributed by atoms with van der Waals surface area (Å²) in [6.45, 7) is 0.542. The standard InChI is InChI=1S/C16H18N2O3/c1-20-16(19)12-21-15-9-5-6-13(10-15)11-17-18-14-7-3-2-4-8-14/h2-10,17-18H,11-12H2,1H3. The summed E-state index contributed by atoms with van der Waals surface area (Å²) < 4.78 is 9.87. The fourth-order valence-corrected chi connectivity index (χ4v) is 1.72. The predicted molar refractivity (Wildman–Crippen MR) is 80.9 cm³/mol. The Hall–Kier alpha value is -2.53. The van der Waals surface area contributed by atoms with Gasteiger partial charge in [-0.25, -0.2) is 10.2 Å². The van der Waals surface area contributed by atoms with Crippen LogP contribution in [-0.4, -0.2) is 19.7 Å². The van der Waals surface area contributed by atoms with Gasteiger partial charge in [-0.1, -0.05) is 30.3 Å². The smallest absolute Gasteiger partial charge is 0.343 e. The highest BCUT2D eigenvalue weighted by atomic mass is 16.6. The van der Waals surface area contributed by atoms with Crippen LogP contribution in [0.3, 0.4) is 0 Å². The summed E-state index contributed by atoms with van der Waals surface area (Å²) in [7, 11) is 1.33. The maximum atomic E-state index is 11.0. The molecule has 2 aromatic rings. The van der Waals surface area contributed by atoms with Gasteiger partial charge < -0.3 is 14.9 Å². The molecular weight excluding hydrogens is 268 g/mol. The molecule has 110 valence electrons. The number of carbonyl (C=O) groups is 1. The second-order valence-corrected chi connectivity index (χ2v) is 4.36. The molecule has 0 aliphatic carbocycles. The second-order valence-electron chi connectivity index (χ2n) is 4.36. The first-order chi connectivity index (χ1) is 10.3. The van der Waals surface area contributed by atoms with Crippen LogP contribution in [0.1, 0.15) is 5.56 Å². The molecule has 2 N–H and O–H groups in total. The van der Waals surface area contributed by atoms with Crippen LogP contribution >= 0.6 is 0 Å². The van der Waals surface area contributed by atoms with E-state index in [4.69, 9.17) is 4.74 Å². The largest absolute Gasteiger partial charge is 0.482 e. The van der Waals surface area contributed by atoms with E-state index < -0.39 is 5.97 Å². The van der Waals surface area contributed by atoms with E-state index in [9.17, 15) is 4.79 Å². The van der Waals surface area contributed by atoms with Crippen molar-refractivity contribution in [3.8, 4) is 5.75 Å². The number of ether oxygens (including phenoxy) is 2. The van der Waals surface area contributed by atoms with Gasteiger partial charge in [0.15, 0.2) is 6.61 Å². The summed E-state index contributed by atoms with van der Waals surface area (Å²) in [5.41, 5.74) is 8.27. The second kappa shape index (κ2) is 7.91. The minimum atomic E-state index is -0.399. The summed E-state index contributed by atoms with van der Waals surface area (Å²) in [5.74, 6) is 0.240. The summed E-state index contributed by atoms with van der Waals surface area (Å²) >= 11 is 0. The average Bonchev–Trinajstić information content (AvgIpc) is 2.54. The van der Waals surface area contributed by atoms with Crippen molar-refractivity contribution in [3.05, 3.63) is 60.2 Å². The van der Waals surface area contributed by atoms with E-state index >= 15 is 0 Å². The van der Waals surface area contributed by atoms with Gasteiger partial charge in [0.05, 0.1) is 7.11 Å². The van der Waals surface area contributed by atoms with E-state index in [0.29, 0.717) is 12.3 Å². The Kier molecular flexibility index (Phi) is 5.60. The molecule has 0 bridgehead atoms. The Morgan fingerprint density at radius 1 is 1.10 bits per heavy atom. The molecule has 5 nitrogen and oxygen atoms in total. The molecule has 0 aliphatic rings. The first-order valence-electron chi connectivity index (χ1n) is 6.60. The number of hydrogen-bond donors (Lipinski definition) is 2. The first-order valence-corrected chi connectivity index (χ1v) is 6.60. The minimum absolute atomic E-state index is 0.0877. The number of anilines is 1. The zero-order chi connectivity index (χ0) is 14.9. The minimum Gasteiger partial charge on any atom is -0.482 e. The van der Waals surface area contributed by atoms with Crippen molar-refractivity contribution in [2.45, 2.75) is 6.54 Å². The molecular formula is C16H18N2O3. The van der Waals surface area contributed by atoms with Gasteiger partial charge in [-0.15, -0.1) is 0 Å². The van der Waals surface area contributed by atoms with Crippen molar-refractivity contribution in [1.82, 2.24) is 5.43 Å². The van der Waals surface area contributed by atoms with Crippen LogP contribution in [0.5, 0.6) is 5.75 Å². The van der Waals surface area contributed by atoms with Crippen molar-refractivity contribution in [2.75, 3.05) is 19.1 Å². The summed E-state index contributed by atoms with van der Waals surface area (Å²) in [6, 6.07) is 17.4. The van der Waals surface area contributed by atoms with Crippen molar-refractivity contribution in [1.29, 1.82) is 0 Å². The number of benzene rings is 2. The molecule has 0 saturated heterocycles. The van der Waals surface area contributed by atoms with E-state index in [0.717, 1.165) is 11.3 Å². The fraction of sp³-hybridized carbons (Fsp3) is 0.188. The van der Waals surface area contributed by atoms with E-state index in [-0.39, 0.29) is 6.61 Å². The fourth-order valence-electron chi connectivity index (χ4n) is 1.72. The van der Waals surface area contributed by atoms with Gasteiger partial charge in [0.2, 0.25) is 0 Å². The lowest BCUT2D eigenvalue weighted by Gasteiger charge is -2.10. The molecule has 0 aromatic heterocycles. The number of esters is 1. The van der Waals surface area contributed by atoms with Crippen molar-refractivity contribution >= 4 is 11.7 Å². The molecule has 0 spiro atoms. The van der Waals surface area contributed by atoms with Gasteiger partial charge in [-0.3, -0.25) is 0 Å². The number of carbonyl (C=O) groups excluding carboxylic acids is 1. The van der Waals surface area contributed by atoms with E-state index in [1.807, 2.05) is 48.5 Å². The summed E-state index contributed by atoms with van der Waals surface area (Å²) in [4.78, 5) is 11.0. The van der Waals surface area contributed by atoms with E-state index in [1.54, 1.807) is 6.07 Å². The maximum Gasteiger partial charge on any atom is 0.343 e. The monoisotopic (exact) mass is 286 g/mol. The molecule has 21 heavy (non-hydrogen) atoms. The van der Waals surface area contributed by atoms with Gasteiger partial charge in [-0.2, -0.15) is 0 Å². The van der Waals surface area contributed by atoms with Crippen LogP contribution in [0.4, 0.5) is 5.69 Å². The summed E-state index contributed by atoms with van der Waals surface area (Å²) in [6.07, 6.45) is 0. The molecule has 0 aliphatic heterocycles. The van der Waals surface area contributed by atoms with Crippen molar-refractivity contribution in [3.63, 3.8) is 0 Å². The van der Waals surface area contributed by atoms with Crippen LogP contribution in [0.25, 0.3) is 0 Å². The highest BCUT2D eigenvalue weighted by Crippen LogP contribution is 2.13. The highest BCUT2D eigenvalue weighted by molar-refractivity contribution is 5.70. The first kappa shape index (κ1) is 14.9. The molecule has 2 aromatic carbocycles. The number of hydrazine groups is 1. The Labute approximate surface area is 123 Å². The number of nitrogens with one attached hydrogen (secondary N) is 2. The molecule has 0 amide bonds. The lowest BCUT2D eigenvalue weighted by atomic mass is 10.2. The quantitative estimate of drug-likeness (QED) is 0.604. The SMILES string of the molecule is COC(=O)COc1cccc(CNNc2ccccc2)c1. The van der Waals surface area contributed by atoms with Gasteiger partial charge in [0.25, 0.3) is 0 Å². The van der Waals surface area contributed by atoms with Crippen LogP contribution in [0, 0.1) is 0 Å². The van der Waals surface area contributed by atoms with Gasteiger partial charge in [0.1, 0.15) is 5.75 Å². The average molecular weight is 286 g/mol. The van der Waals surface area contributed by atoms with Crippen LogP contribution in [0.15, 0.2) is 54.6 Å². The molecule has 0 radical (unpaired) electrons. The van der Waals surface area contributed by atoms with E-state index in [1.165, 1.54) is 7.11 Å². The summed E-state index contributed by atoms with van der Waals surface area (Å²) in [5, 5.41) is 0. The number of hydrogen-bond acceptors (Lipinski definition) is 5. The van der Waals surface area contributed by atoms with Gasteiger partial charge in [0, 0.05) is 12.2 Å². The van der Waals surface area contributed by atoms with Crippen LogP contribution < -0.4 is 15.6 Å². The molecule has 0 atom stereocenters. The molecule has 0 saturated carbocycles. The number of methoxy groups -OCH3 is 1. The zero-order valence-electron chi connectivity index (χ0n) is 11.8. The van der Waals surface area contributed by atoms with Crippen LogP contribution in [-0.2, 0) is 16.1 Å². The van der Waals surface area contributed by atoms with E-state index in [2.05, 4.69) is 15.6 Å². The van der Waals surface area contributed by atoms with Crippen molar-refractivity contribution in [2.24, 2.45) is 0 Å². The third-order valence-electron chi connectivity index (χ3n) is 2.78. The molecule has 0 unspecified atom stereocenters. The number of para-hydroxylation sites is 1.